The topological polar surface area (TPSA) is 0 Å². The van der Waals surface area contributed by atoms with E-state index in [4.69, 9.17) is 0 Å². The van der Waals surface area contributed by atoms with Crippen LogP contribution in [-0.2, 0) is 46.8 Å². The Bertz CT molecular complexity index is 10.8. The Hall–Kier alpha value is 3.27. The second kappa shape index (κ2) is 40.9. The van der Waals surface area contributed by atoms with Crippen molar-refractivity contribution in [3.63, 3.8) is 0 Å². The molecule has 0 amide bonds. The van der Waals surface area contributed by atoms with E-state index in [1.807, 2.05) is 0 Å². The molecule has 0 aliphatic rings. The monoisotopic (exact) mass is 427 g/mol. The Balaban J connectivity index is 0. The number of rotatable bonds is 0. The van der Waals surface area contributed by atoms with Crippen molar-refractivity contribution in [2.45, 2.75) is 0 Å². The van der Waals surface area contributed by atoms with Gasteiger partial charge in [-0.15, -0.1) is 0 Å². The molecule has 0 aromatic carbocycles. The third-order valence-electron chi connectivity index (χ3n) is 0. The smallest absolute Gasteiger partial charge is 2.00 e. The van der Waals surface area contributed by atoms with Crippen molar-refractivity contribution in [1.29, 1.82) is 0 Å². The molecule has 0 saturated heterocycles. The van der Waals surface area contributed by atoms with Crippen LogP contribution in [-0.4, -0.2) is 61.3 Å². The van der Waals surface area contributed by atoms with Crippen molar-refractivity contribution in [1.82, 2.24) is 0 Å². The third kappa shape index (κ3) is 26.7. The molecule has 6 heteroatoms. The van der Waals surface area contributed by atoms with E-state index in [2.05, 4.69) is 0 Å². The minimum Gasteiger partial charge on any atom is -2.00 e. The van der Waals surface area contributed by atoms with Crippen molar-refractivity contribution in [2.75, 3.05) is 0 Å². The van der Waals surface area contributed by atoms with E-state index in [1.54, 1.807) is 0 Å². The van der Waals surface area contributed by atoms with E-state index in [-0.39, 0.29) is 108 Å². The first-order valence-electron chi connectivity index (χ1n) is 0. The van der Waals surface area contributed by atoms with Gasteiger partial charge in [0.15, 0.2) is 0 Å². The van der Waals surface area contributed by atoms with E-state index < -0.39 is 0 Å². The number of hydrogen-bond acceptors (Lipinski definition) is 0. The van der Waals surface area contributed by atoms with Crippen LogP contribution in [0.5, 0.6) is 0 Å². The molecule has 6 heavy (non-hydrogen) atoms. The van der Waals surface area contributed by atoms with E-state index in [1.165, 1.54) is 0 Å². The fourth-order valence-corrected chi connectivity index (χ4v) is 0. The summed E-state index contributed by atoms with van der Waals surface area (Å²) in [7, 11) is 0. The second-order valence-corrected chi connectivity index (χ2v) is 0. The molecule has 0 rings (SSSR count). The molecular formula is BeCdSe3Zn. The van der Waals surface area contributed by atoms with Crippen LogP contribution in [0, 0.1) is 0 Å². The fraction of sp³-hybridized carbons (Fsp3) is 0. The molecule has 0 fully saturated rings. The first kappa shape index (κ1) is 59.2. The van der Waals surface area contributed by atoms with Crippen molar-refractivity contribution in [3.8, 4) is 0 Å². The van der Waals surface area contributed by atoms with Crippen LogP contribution in [0.1, 0.15) is 0 Å². The normalized spacial score (nSPS) is 0. The molecule has 0 heterocycles. The summed E-state index contributed by atoms with van der Waals surface area (Å²) in [6.07, 6.45) is 0. The first-order chi connectivity index (χ1) is 0. The van der Waals surface area contributed by atoms with Gasteiger partial charge in [-0.2, -0.15) is 0 Å². The standard InChI is InChI=1S/Be.Cd.3Se.Zn/q2*+2;3*-2;+2. The summed E-state index contributed by atoms with van der Waals surface area (Å²) in [5.41, 5.74) is 0. The Kier molecular flexibility index (Phi) is 403. The third-order valence-corrected chi connectivity index (χ3v) is 0. The summed E-state index contributed by atoms with van der Waals surface area (Å²) >= 11 is 0. The van der Waals surface area contributed by atoms with Gasteiger partial charge >= 0.3 is 56.9 Å². The Labute approximate surface area is 106 Å². The van der Waals surface area contributed by atoms with Gasteiger partial charge in [-0.05, 0) is 0 Å². The molecule has 24 valence electrons. The molecule has 0 atom stereocenters. The minimum absolute atomic E-state index is 0. The molecule has 0 bridgehead atoms. The van der Waals surface area contributed by atoms with Gasteiger partial charge in [-0.1, -0.05) is 0 Å². The van der Waals surface area contributed by atoms with E-state index >= 15 is 0 Å². The Morgan fingerprint density at radius 1 is 0.667 bits per heavy atom. The van der Waals surface area contributed by atoms with E-state index in [0.717, 1.165) is 0 Å². The molecule has 0 radical (unpaired) electrons. The summed E-state index contributed by atoms with van der Waals surface area (Å²) in [5.74, 6) is 0. The Morgan fingerprint density at radius 2 is 0.667 bits per heavy atom. The number of hydrogen-bond donors (Lipinski definition) is 0. The largest absolute Gasteiger partial charge is 2.00 e. The van der Waals surface area contributed by atoms with Crippen LogP contribution in [0.25, 0.3) is 0 Å². The van der Waals surface area contributed by atoms with Gasteiger partial charge in [-0.25, -0.2) is 0 Å². The molecule has 0 aliphatic heterocycles. The predicted octanol–water partition coefficient (Wildman–Crippen LogP) is -1.53. The Morgan fingerprint density at radius 3 is 0.667 bits per heavy atom. The molecule has 0 N–H and O–H groups in total. The summed E-state index contributed by atoms with van der Waals surface area (Å²) in [6.45, 7) is 0. The zero-order valence-electron chi connectivity index (χ0n) is 3.35. The second-order valence-electron chi connectivity index (χ2n) is 0. The maximum absolute atomic E-state index is 0. The van der Waals surface area contributed by atoms with Crippen molar-refractivity contribution < 1.29 is 46.8 Å². The summed E-state index contributed by atoms with van der Waals surface area (Å²) in [4.78, 5) is 0. The van der Waals surface area contributed by atoms with E-state index in [0.29, 0.717) is 0 Å². The van der Waals surface area contributed by atoms with Gasteiger partial charge in [0.1, 0.15) is 0 Å². The fourth-order valence-electron chi connectivity index (χ4n) is 0. The molecule has 0 spiro atoms. The predicted molar refractivity (Wildman–Crippen MR) is 23.0 cm³/mol. The summed E-state index contributed by atoms with van der Waals surface area (Å²) in [6, 6.07) is 0. The summed E-state index contributed by atoms with van der Waals surface area (Å²) in [5, 5.41) is 0. The quantitative estimate of drug-likeness (QED) is 0.415. The van der Waals surface area contributed by atoms with Gasteiger partial charge in [0, 0.05) is 0 Å². The maximum Gasteiger partial charge on any atom is 2.00 e. The van der Waals surface area contributed by atoms with Crippen LogP contribution in [0.15, 0.2) is 0 Å². The van der Waals surface area contributed by atoms with Crippen LogP contribution >= 0.6 is 0 Å². The van der Waals surface area contributed by atoms with Crippen LogP contribution in [0.4, 0.5) is 0 Å². The molecule has 0 aliphatic carbocycles. The van der Waals surface area contributed by atoms with Crippen LogP contribution in [0.3, 0.4) is 0 Å². The summed E-state index contributed by atoms with van der Waals surface area (Å²) < 4.78 is 0. The van der Waals surface area contributed by atoms with Gasteiger partial charge in [0.05, 0.1) is 0 Å². The van der Waals surface area contributed by atoms with Crippen molar-refractivity contribution >= 4 is 61.3 Å². The molecule has 0 saturated carbocycles. The van der Waals surface area contributed by atoms with Gasteiger partial charge in [-0.3, -0.25) is 0 Å². The molecular weight excluding hydrogens is 424 g/mol. The van der Waals surface area contributed by atoms with E-state index in [9.17, 15) is 0 Å². The van der Waals surface area contributed by atoms with Crippen molar-refractivity contribution in [3.05, 3.63) is 0 Å². The molecule has 0 nitrogen and oxygen atoms in total. The molecule has 0 aromatic rings. The SMILES string of the molecule is [Be+2].[Cd+2].[Se-2].[Se-2].[Se-2].[Zn+2]. The van der Waals surface area contributed by atoms with Crippen LogP contribution < -0.4 is 0 Å². The van der Waals surface area contributed by atoms with Gasteiger partial charge < -0.3 is 51.2 Å². The van der Waals surface area contributed by atoms with Gasteiger partial charge in [0.2, 0.25) is 0 Å². The van der Waals surface area contributed by atoms with Crippen molar-refractivity contribution in [2.24, 2.45) is 0 Å². The maximum atomic E-state index is 0. The first-order valence-corrected chi connectivity index (χ1v) is 0. The molecule has 0 aromatic heterocycles. The zero-order valence-corrected chi connectivity index (χ0v) is 15.5. The zero-order chi connectivity index (χ0) is 0. The minimum atomic E-state index is 0. The average molecular weight is 424 g/mol. The van der Waals surface area contributed by atoms with Gasteiger partial charge in [0.25, 0.3) is 0 Å². The van der Waals surface area contributed by atoms with Crippen LogP contribution in [0.2, 0.25) is 0 Å². The average Bonchev–Trinajstić information content (AvgIpc) is 0. The molecule has 0 unspecified atom stereocenters.